The predicted octanol–water partition coefficient (Wildman–Crippen LogP) is 5.40. The first-order valence-corrected chi connectivity index (χ1v) is 18.6. The van der Waals surface area contributed by atoms with Crippen LogP contribution in [0.25, 0.3) is 11.6 Å². The lowest BCUT2D eigenvalue weighted by atomic mass is 9.62. The van der Waals surface area contributed by atoms with Gasteiger partial charge in [0.25, 0.3) is 0 Å². The fourth-order valence-electron chi connectivity index (χ4n) is 9.83. The predicted molar refractivity (Wildman–Crippen MR) is 180 cm³/mol. The van der Waals surface area contributed by atoms with Crippen molar-refractivity contribution in [3.8, 4) is 23.5 Å². The molecule has 0 saturated carbocycles. The van der Waals surface area contributed by atoms with Gasteiger partial charge in [-0.15, -0.1) is 11.3 Å². The lowest BCUT2D eigenvalue weighted by molar-refractivity contribution is 0.0795. The van der Waals surface area contributed by atoms with Gasteiger partial charge in [-0.25, -0.2) is 4.98 Å². The van der Waals surface area contributed by atoms with Crippen LogP contribution in [-0.4, -0.2) is 77.7 Å². The first kappa shape index (κ1) is 29.7. The van der Waals surface area contributed by atoms with Gasteiger partial charge in [-0.1, -0.05) is 5.16 Å². The number of aromatic nitrogens is 3. The molecule has 2 aliphatic carbocycles. The van der Waals surface area contributed by atoms with E-state index in [0.29, 0.717) is 41.2 Å². The second-order valence-electron chi connectivity index (χ2n) is 14.4. The van der Waals surface area contributed by atoms with E-state index in [1.165, 1.54) is 30.6 Å². The SMILES string of the molecule is CCN1CN([C@@H]2CCCOC2)c2nc(-c3onc4c3CCC[C@@]43CCCc4sc(N)c(C#N)c43)nc(OCC34CCCN3CCC4)c21. The van der Waals surface area contributed by atoms with E-state index in [2.05, 4.69) is 27.7 Å². The molecule has 7 heterocycles. The number of nitrogen functional groups attached to an aromatic ring is 1. The van der Waals surface area contributed by atoms with Crippen LogP contribution in [0.15, 0.2) is 4.52 Å². The summed E-state index contributed by atoms with van der Waals surface area (Å²) in [6.07, 6.45) is 12.6. The smallest absolute Gasteiger partial charge is 0.243 e. The second-order valence-corrected chi connectivity index (χ2v) is 15.6. The highest BCUT2D eigenvalue weighted by molar-refractivity contribution is 7.16. The number of nitriles is 1. The minimum Gasteiger partial charge on any atom is -0.474 e. The maximum atomic E-state index is 10.2. The van der Waals surface area contributed by atoms with Crippen molar-refractivity contribution in [1.82, 2.24) is 20.0 Å². The van der Waals surface area contributed by atoms with E-state index in [4.69, 9.17) is 34.9 Å². The molecule has 248 valence electrons. The molecule has 0 radical (unpaired) electrons. The lowest BCUT2D eigenvalue weighted by Crippen LogP contribution is -2.43. The third-order valence-corrected chi connectivity index (χ3v) is 13.2. The molecule has 3 aromatic rings. The molecule has 4 aliphatic heterocycles. The van der Waals surface area contributed by atoms with Gasteiger partial charge in [0.2, 0.25) is 17.5 Å². The van der Waals surface area contributed by atoms with E-state index in [1.54, 1.807) is 11.3 Å². The summed E-state index contributed by atoms with van der Waals surface area (Å²) in [6, 6.07) is 2.68. The van der Waals surface area contributed by atoms with Crippen LogP contribution >= 0.6 is 11.3 Å². The molecular weight excluding hydrogens is 613 g/mol. The minimum atomic E-state index is -0.365. The van der Waals surface area contributed by atoms with Crippen LogP contribution in [0.3, 0.4) is 0 Å². The van der Waals surface area contributed by atoms with Crippen molar-refractivity contribution in [2.24, 2.45) is 0 Å². The summed E-state index contributed by atoms with van der Waals surface area (Å²) >= 11 is 1.57. The van der Waals surface area contributed by atoms with Crippen molar-refractivity contribution in [2.45, 2.75) is 101 Å². The molecule has 3 saturated heterocycles. The van der Waals surface area contributed by atoms with Crippen molar-refractivity contribution < 1.29 is 14.0 Å². The molecule has 3 fully saturated rings. The number of rotatable bonds is 6. The third-order valence-electron chi connectivity index (χ3n) is 12.1. The standard InChI is InChI=1S/C35H44N8O3S/c1-2-41-21-43(22-8-5-17-44-19-22)32-27(41)33(45-20-34-11-6-15-42(34)16-7-12-34)39-31(38-32)28-23-9-3-13-35(29(23)40-46-28)14-4-10-25-26(35)24(18-36)30(37)47-25/h22H,2-17,19-21,37H2,1H3/t22-,35+/m1/s1. The van der Waals surface area contributed by atoms with Crippen LogP contribution in [-0.2, 0) is 23.0 Å². The molecule has 12 heteroatoms. The van der Waals surface area contributed by atoms with Crippen LogP contribution in [0, 0.1) is 11.3 Å². The number of ether oxygens (including phenoxy) is 2. The Balaban J connectivity index is 1.16. The number of anilines is 3. The second kappa shape index (κ2) is 11.3. The van der Waals surface area contributed by atoms with Gasteiger partial charge in [0.15, 0.2) is 5.82 Å². The molecule has 1 spiro atoms. The highest BCUT2D eigenvalue weighted by Gasteiger charge is 2.49. The van der Waals surface area contributed by atoms with E-state index in [0.717, 1.165) is 113 Å². The quantitative estimate of drug-likeness (QED) is 0.366. The summed E-state index contributed by atoms with van der Waals surface area (Å²) in [5.74, 6) is 2.73. The van der Waals surface area contributed by atoms with Crippen molar-refractivity contribution in [3.63, 3.8) is 0 Å². The summed E-state index contributed by atoms with van der Waals surface area (Å²) in [6.45, 7) is 8.22. The highest BCUT2D eigenvalue weighted by Crippen LogP contribution is 2.55. The van der Waals surface area contributed by atoms with E-state index in [9.17, 15) is 5.26 Å². The highest BCUT2D eigenvalue weighted by atomic mass is 32.1. The number of nitrogens with two attached hydrogens (primary N) is 1. The average molecular weight is 657 g/mol. The van der Waals surface area contributed by atoms with E-state index < -0.39 is 0 Å². The number of hydrogen-bond donors (Lipinski definition) is 1. The molecule has 2 N–H and O–H groups in total. The normalized spacial score (nSPS) is 26.3. The Morgan fingerprint density at radius 1 is 1.09 bits per heavy atom. The van der Waals surface area contributed by atoms with E-state index >= 15 is 0 Å². The van der Waals surface area contributed by atoms with E-state index in [-0.39, 0.29) is 17.0 Å². The molecule has 0 unspecified atom stereocenters. The maximum Gasteiger partial charge on any atom is 0.243 e. The topological polar surface area (TPSA) is 130 Å². The summed E-state index contributed by atoms with van der Waals surface area (Å²) < 4.78 is 19.1. The Bertz CT molecular complexity index is 1730. The molecule has 0 amide bonds. The molecule has 6 aliphatic rings. The monoisotopic (exact) mass is 656 g/mol. The number of hydrogen-bond acceptors (Lipinski definition) is 12. The first-order valence-electron chi connectivity index (χ1n) is 17.8. The van der Waals surface area contributed by atoms with Crippen molar-refractivity contribution in [2.75, 3.05) is 61.7 Å². The Hall–Kier alpha value is -3.40. The van der Waals surface area contributed by atoms with Gasteiger partial charge in [0.05, 0.1) is 36.1 Å². The Labute approximate surface area is 280 Å². The average Bonchev–Trinajstić information content (AvgIpc) is 3.91. The third kappa shape index (κ3) is 4.45. The Morgan fingerprint density at radius 3 is 2.68 bits per heavy atom. The number of thiophene rings is 1. The molecule has 2 atom stereocenters. The fraction of sp³-hybridized carbons (Fsp3) is 0.657. The van der Waals surface area contributed by atoms with Gasteiger partial charge in [-0.05, 0) is 103 Å². The summed E-state index contributed by atoms with van der Waals surface area (Å²) in [7, 11) is 0. The Kier molecular flexibility index (Phi) is 7.18. The number of aryl methyl sites for hydroxylation is 1. The zero-order valence-corrected chi connectivity index (χ0v) is 28.2. The summed E-state index contributed by atoms with van der Waals surface area (Å²) in [5, 5.41) is 15.6. The van der Waals surface area contributed by atoms with Crippen LogP contribution in [0.2, 0.25) is 0 Å². The minimum absolute atomic E-state index is 0.0991. The zero-order valence-electron chi connectivity index (χ0n) is 27.4. The lowest BCUT2D eigenvalue weighted by Gasteiger charge is -2.39. The van der Waals surface area contributed by atoms with Gasteiger partial charge in [-0.3, -0.25) is 4.90 Å². The summed E-state index contributed by atoms with van der Waals surface area (Å²) in [4.78, 5) is 19.1. The molecule has 0 bridgehead atoms. The van der Waals surface area contributed by atoms with E-state index in [1.807, 2.05) is 0 Å². The van der Waals surface area contributed by atoms with Gasteiger partial charge in [-0.2, -0.15) is 10.2 Å². The van der Waals surface area contributed by atoms with Crippen molar-refractivity contribution in [3.05, 3.63) is 27.3 Å². The Morgan fingerprint density at radius 2 is 1.91 bits per heavy atom. The maximum absolute atomic E-state index is 10.2. The van der Waals surface area contributed by atoms with Crippen LogP contribution in [0.5, 0.6) is 5.88 Å². The van der Waals surface area contributed by atoms with Crippen LogP contribution < -0.4 is 20.3 Å². The number of fused-ring (bicyclic) bond motifs is 6. The molecular formula is C35H44N8O3S. The van der Waals surface area contributed by atoms with Gasteiger partial charge >= 0.3 is 0 Å². The van der Waals surface area contributed by atoms with Gasteiger partial charge < -0.3 is 29.5 Å². The molecule has 47 heavy (non-hydrogen) atoms. The largest absolute Gasteiger partial charge is 0.474 e. The fourth-order valence-corrected chi connectivity index (χ4v) is 11.0. The van der Waals surface area contributed by atoms with Crippen molar-refractivity contribution >= 4 is 27.8 Å². The van der Waals surface area contributed by atoms with Gasteiger partial charge in [0, 0.05) is 29.0 Å². The van der Waals surface area contributed by atoms with Crippen LogP contribution in [0.4, 0.5) is 16.5 Å². The van der Waals surface area contributed by atoms with Crippen molar-refractivity contribution in [1.29, 1.82) is 5.26 Å². The molecule has 0 aromatic carbocycles. The van der Waals surface area contributed by atoms with Gasteiger partial charge in [0.1, 0.15) is 23.4 Å². The summed E-state index contributed by atoms with van der Waals surface area (Å²) in [5.41, 5.74) is 10.9. The van der Waals surface area contributed by atoms with Crippen LogP contribution in [0.1, 0.15) is 98.4 Å². The number of nitrogens with zero attached hydrogens (tertiary/aromatic N) is 7. The molecule has 9 rings (SSSR count). The molecule has 3 aromatic heterocycles. The molecule has 11 nitrogen and oxygen atoms in total. The first-order chi connectivity index (χ1) is 23.0. The zero-order chi connectivity index (χ0) is 31.8.